The van der Waals surface area contributed by atoms with E-state index in [1.807, 2.05) is 0 Å². The second kappa shape index (κ2) is 4.90. The first-order chi connectivity index (χ1) is 3.42. The van der Waals surface area contributed by atoms with E-state index >= 15 is 0 Å². The van der Waals surface area contributed by atoms with E-state index < -0.39 is 19.1 Å². The summed E-state index contributed by atoms with van der Waals surface area (Å²) in [7, 11) is 0. The molecule has 0 amide bonds. The average molecular weight is 164 g/mol. The first-order valence-corrected chi connectivity index (χ1v) is 2.12. The van der Waals surface area contributed by atoms with E-state index in [2.05, 4.69) is 0 Å². The average Bonchev–Trinajstić information content (AvgIpc) is 1.21. The first-order valence-electron chi connectivity index (χ1n) is 2.12. The molecule has 0 radical (unpaired) electrons. The minimum atomic E-state index is -4.89. The molecule has 0 heterocycles. The molecule has 0 aromatic heterocycles. The van der Waals surface area contributed by atoms with Gasteiger partial charge in [-0.05, 0) is 13.2 Å². The summed E-state index contributed by atoms with van der Waals surface area (Å²) in [6, 6.07) is 0. The van der Waals surface area contributed by atoms with Gasteiger partial charge in [-0.2, -0.15) is 0 Å². The molecule has 0 spiro atoms. The van der Waals surface area contributed by atoms with Gasteiger partial charge in [-0.15, -0.1) is 0 Å². The predicted octanol–water partition coefficient (Wildman–Crippen LogP) is -1.57. The molecule has 1 nitrogen and oxygen atoms in total. The number of hydrogen-bond acceptors (Lipinski definition) is 1. The Kier molecular flexibility index (Phi) is 6.97. The second-order valence-electron chi connectivity index (χ2n) is 1.62. The summed E-state index contributed by atoms with van der Waals surface area (Å²) >= 11 is 0. The van der Waals surface area contributed by atoms with Gasteiger partial charge in [0.25, 0.3) is 0 Å². The topological polar surface area (TPSA) is 17.1 Å². The number of carbonyl (C=O) groups excluding carboxylic acids is 1. The Balaban J connectivity index is 0. The van der Waals surface area contributed by atoms with Crippen LogP contribution >= 0.6 is 0 Å². The third-order valence-corrected chi connectivity index (χ3v) is 0.519. The van der Waals surface area contributed by atoms with E-state index in [0.29, 0.717) is 0 Å². The third kappa shape index (κ3) is 12.4. The summed E-state index contributed by atoms with van der Waals surface area (Å²) in [4.78, 5) is 9.75. The van der Waals surface area contributed by atoms with Gasteiger partial charge in [-0.1, -0.05) is 0 Å². The Hall–Kier alpha value is 1.16. The molecule has 48 valence electrons. The molecule has 0 unspecified atom stereocenters. The van der Waals surface area contributed by atoms with Crippen molar-refractivity contribution in [1.82, 2.24) is 0 Å². The van der Waals surface area contributed by atoms with Crippen LogP contribution in [0.15, 0.2) is 0 Å². The Labute approximate surface area is 93.9 Å². The number of hydrogen-bond donors (Lipinski definition) is 0. The largest absolute Gasteiger partial charge is 1.00 e. The number of rotatable bonds is 2. The molecule has 0 aliphatic heterocycles. The summed E-state index contributed by atoms with van der Waals surface area (Å²) in [6.07, 6.45) is -1.25. The summed E-state index contributed by atoms with van der Waals surface area (Å²) in [6.45, 7) is -3.96. The molecule has 6 heteroatoms. The van der Waals surface area contributed by atoms with Crippen molar-refractivity contribution in [3.05, 3.63) is 0 Å². The molecular formula is C3H5BF3KO. The molecule has 0 aromatic carbocycles. The Bertz CT molecular complexity index is 102. The van der Waals surface area contributed by atoms with Crippen molar-refractivity contribution >= 4 is 12.8 Å². The van der Waals surface area contributed by atoms with Crippen LogP contribution < -0.4 is 51.4 Å². The van der Waals surface area contributed by atoms with Crippen LogP contribution in [0.4, 0.5) is 12.9 Å². The van der Waals surface area contributed by atoms with Crippen molar-refractivity contribution in [2.24, 2.45) is 0 Å². The normalized spacial score (nSPS) is 10.2. The van der Waals surface area contributed by atoms with Crippen LogP contribution in [-0.2, 0) is 4.79 Å². The van der Waals surface area contributed by atoms with Gasteiger partial charge in [0.2, 0.25) is 0 Å². The summed E-state index contributed by atoms with van der Waals surface area (Å²) in [5.41, 5.74) is 0. The quantitative estimate of drug-likeness (QED) is 0.450. The molecule has 9 heavy (non-hydrogen) atoms. The van der Waals surface area contributed by atoms with E-state index in [-0.39, 0.29) is 51.4 Å². The van der Waals surface area contributed by atoms with Crippen LogP contribution in [0.2, 0.25) is 6.32 Å². The molecule has 0 bridgehead atoms. The maximum Gasteiger partial charge on any atom is 1.00 e. The summed E-state index contributed by atoms with van der Waals surface area (Å²) in [5, 5.41) is 0. The molecule has 0 atom stereocenters. The molecule has 0 fully saturated rings. The fourth-order valence-corrected chi connectivity index (χ4v) is 0.326. The summed E-state index contributed by atoms with van der Waals surface area (Å²) in [5.74, 6) is -0.822. The van der Waals surface area contributed by atoms with Crippen molar-refractivity contribution in [1.29, 1.82) is 0 Å². The van der Waals surface area contributed by atoms with Gasteiger partial charge in [0.1, 0.15) is 5.78 Å². The molecule has 0 rings (SSSR count). The number of halogens is 3. The molecule has 0 saturated carbocycles. The number of carbonyl (C=O) groups is 1. The van der Waals surface area contributed by atoms with E-state index in [1.165, 1.54) is 0 Å². The van der Waals surface area contributed by atoms with Gasteiger partial charge in [-0.25, -0.2) is 0 Å². The monoisotopic (exact) mass is 164 g/mol. The molecule has 0 N–H and O–H groups in total. The smallest absolute Gasteiger partial charge is 0.449 e. The maximum atomic E-state index is 11.1. The van der Waals surface area contributed by atoms with Crippen LogP contribution in [0.5, 0.6) is 0 Å². The SMILES string of the molecule is CC(=O)C[B-](F)(F)F.[K+]. The Morgan fingerprint density at radius 3 is 1.78 bits per heavy atom. The van der Waals surface area contributed by atoms with Crippen molar-refractivity contribution in [3.63, 3.8) is 0 Å². The van der Waals surface area contributed by atoms with E-state index in [9.17, 15) is 17.7 Å². The zero-order valence-corrected chi connectivity index (χ0v) is 8.45. The van der Waals surface area contributed by atoms with E-state index in [1.54, 1.807) is 0 Å². The molecular weight excluding hydrogens is 159 g/mol. The predicted molar refractivity (Wildman–Crippen MR) is 24.6 cm³/mol. The van der Waals surface area contributed by atoms with E-state index in [4.69, 9.17) is 0 Å². The van der Waals surface area contributed by atoms with Gasteiger partial charge < -0.3 is 17.7 Å². The van der Waals surface area contributed by atoms with Crippen molar-refractivity contribution in [3.8, 4) is 0 Å². The zero-order valence-electron chi connectivity index (χ0n) is 5.33. The van der Waals surface area contributed by atoms with Crippen LogP contribution in [-0.4, -0.2) is 12.8 Å². The van der Waals surface area contributed by atoms with Crippen LogP contribution in [0.1, 0.15) is 6.92 Å². The summed E-state index contributed by atoms with van der Waals surface area (Å²) < 4.78 is 33.4. The van der Waals surface area contributed by atoms with Gasteiger partial charge in [0.15, 0.2) is 0 Å². The van der Waals surface area contributed by atoms with Crippen LogP contribution in [0.25, 0.3) is 0 Å². The number of ketones is 1. The number of Topliss-reactive ketones (excluding diaryl/α,β-unsaturated/α-hetero) is 1. The maximum absolute atomic E-state index is 11.1. The third-order valence-electron chi connectivity index (χ3n) is 0.519. The molecule has 0 saturated heterocycles. The van der Waals surface area contributed by atoms with Crippen molar-refractivity contribution in [2.45, 2.75) is 13.2 Å². The fourth-order valence-electron chi connectivity index (χ4n) is 0.326. The molecule has 0 aliphatic carbocycles. The van der Waals surface area contributed by atoms with Crippen molar-refractivity contribution < 1.29 is 69.1 Å². The minimum absolute atomic E-state index is 0. The molecule has 0 aromatic rings. The van der Waals surface area contributed by atoms with Crippen molar-refractivity contribution in [2.75, 3.05) is 0 Å². The van der Waals surface area contributed by atoms with Crippen LogP contribution in [0.3, 0.4) is 0 Å². The Morgan fingerprint density at radius 2 is 1.78 bits per heavy atom. The minimum Gasteiger partial charge on any atom is -0.449 e. The van der Waals surface area contributed by atoms with Gasteiger partial charge in [0.05, 0.1) is 0 Å². The van der Waals surface area contributed by atoms with Gasteiger partial charge in [0, 0.05) is 0 Å². The van der Waals surface area contributed by atoms with Gasteiger partial charge in [-0.3, -0.25) is 0 Å². The van der Waals surface area contributed by atoms with Gasteiger partial charge >= 0.3 is 58.4 Å². The van der Waals surface area contributed by atoms with E-state index in [0.717, 1.165) is 6.92 Å². The van der Waals surface area contributed by atoms with Crippen LogP contribution in [0, 0.1) is 0 Å². The first kappa shape index (κ1) is 12.8. The standard InChI is InChI=1S/C3H5BF3O.K/c1-3(8)2-4(5,6)7;/h2H2,1H3;/q-1;+1. The Morgan fingerprint density at radius 1 is 1.44 bits per heavy atom. The fraction of sp³-hybridized carbons (Fsp3) is 0.667. The zero-order chi connectivity index (χ0) is 6.78. The second-order valence-corrected chi connectivity index (χ2v) is 1.62. The molecule has 0 aliphatic rings.